The topological polar surface area (TPSA) is 47.8 Å². The number of carbonyl (C=O) groups is 1. The van der Waals surface area contributed by atoms with E-state index in [2.05, 4.69) is 10.2 Å². The Kier molecular flexibility index (Phi) is 4.76. The van der Waals surface area contributed by atoms with E-state index >= 15 is 0 Å². The summed E-state index contributed by atoms with van der Waals surface area (Å²) < 4.78 is 14.9. The van der Waals surface area contributed by atoms with E-state index in [1.54, 1.807) is 6.33 Å². The molecule has 0 aliphatic rings. The molecule has 0 amide bonds. The molecule has 1 aromatic heterocycles. The van der Waals surface area contributed by atoms with Gasteiger partial charge in [-0.25, -0.2) is 4.39 Å². The molecule has 4 nitrogen and oxygen atoms in total. The molecule has 0 aliphatic heterocycles. The first-order chi connectivity index (χ1) is 11.6. The van der Waals surface area contributed by atoms with Gasteiger partial charge in [-0.1, -0.05) is 30.0 Å². The minimum Gasteiger partial charge on any atom is -0.293 e. The number of rotatable bonds is 5. The predicted molar refractivity (Wildman–Crippen MR) is 92.1 cm³/mol. The number of aryl methyl sites for hydroxylation is 1. The van der Waals surface area contributed by atoms with Crippen molar-refractivity contribution in [3.63, 3.8) is 0 Å². The molecule has 0 saturated carbocycles. The van der Waals surface area contributed by atoms with Gasteiger partial charge in [0.2, 0.25) is 0 Å². The lowest BCUT2D eigenvalue weighted by molar-refractivity contribution is 0.0994. The third-order valence-corrected chi connectivity index (χ3v) is 4.73. The van der Waals surface area contributed by atoms with Gasteiger partial charge in [0, 0.05) is 5.56 Å². The van der Waals surface area contributed by atoms with Crippen molar-refractivity contribution in [1.82, 2.24) is 14.8 Å². The second-order valence-corrected chi connectivity index (χ2v) is 6.71. The predicted octanol–water partition coefficient (Wildman–Crippen LogP) is 4.08. The number of hydrogen-bond acceptors (Lipinski definition) is 4. The van der Waals surface area contributed by atoms with Crippen molar-refractivity contribution in [3.05, 3.63) is 71.8 Å². The zero-order valence-electron chi connectivity index (χ0n) is 13.3. The molecular formula is C18H16FN3OS. The Morgan fingerprint density at radius 2 is 1.88 bits per heavy atom. The molecule has 24 heavy (non-hydrogen) atoms. The van der Waals surface area contributed by atoms with Gasteiger partial charge in [0.05, 0.1) is 10.9 Å². The van der Waals surface area contributed by atoms with Crippen LogP contribution >= 0.6 is 11.8 Å². The molecule has 3 rings (SSSR count). The van der Waals surface area contributed by atoms with Gasteiger partial charge in [-0.05, 0) is 49.7 Å². The zero-order chi connectivity index (χ0) is 17.1. The Hall–Kier alpha value is -2.47. The van der Waals surface area contributed by atoms with Crippen LogP contribution < -0.4 is 0 Å². The van der Waals surface area contributed by atoms with Gasteiger partial charge < -0.3 is 0 Å². The van der Waals surface area contributed by atoms with Crippen molar-refractivity contribution in [2.24, 2.45) is 0 Å². The van der Waals surface area contributed by atoms with Crippen LogP contribution in [0.2, 0.25) is 0 Å². The average Bonchev–Trinajstić information content (AvgIpc) is 3.03. The second kappa shape index (κ2) is 6.97. The normalized spacial score (nSPS) is 12.1. The van der Waals surface area contributed by atoms with Crippen LogP contribution in [0.4, 0.5) is 4.39 Å². The van der Waals surface area contributed by atoms with Crippen LogP contribution in [0.1, 0.15) is 22.8 Å². The third kappa shape index (κ3) is 3.38. The monoisotopic (exact) mass is 341 g/mol. The first kappa shape index (κ1) is 16.4. The van der Waals surface area contributed by atoms with E-state index in [0.717, 1.165) is 11.3 Å². The first-order valence-corrected chi connectivity index (χ1v) is 8.36. The van der Waals surface area contributed by atoms with Gasteiger partial charge in [0.25, 0.3) is 0 Å². The molecular weight excluding hydrogens is 325 g/mol. The molecule has 0 spiro atoms. The second-order valence-electron chi connectivity index (χ2n) is 5.40. The minimum absolute atomic E-state index is 0.0701. The quantitative estimate of drug-likeness (QED) is 0.518. The fourth-order valence-electron chi connectivity index (χ4n) is 2.36. The van der Waals surface area contributed by atoms with E-state index in [1.807, 2.05) is 42.7 Å². The summed E-state index contributed by atoms with van der Waals surface area (Å²) in [6.45, 7) is 3.82. The number of para-hydroxylation sites is 1. The highest BCUT2D eigenvalue weighted by atomic mass is 32.2. The SMILES string of the molecule is Cc1ccccc1-n1cnnc1SC(C)C(=O)c1ccc(F)cc1. The van der Waals surface area contributed by atoms with Crippen molar-refractivity contribution in [3.8, 4) is 5.69 Å². The van der Waals surface area contributed by atoms with Crippen molar-refractivity contribution >= 4 is 17.5 Å². The van der Waals surface area contributed by atoms with Crippen LogP contribution in [0.15, 0.2) is 60.0 Å². The van der Waals surface area contributed by atoms with Gasteiger partial charge >= 0.3 is 0 Å². The average molecular weight is 341 g/mol. The zero-order valence-corrected chi connectivity index (χ0v) is 14.1. The molecule has 122 valence electrons. The Morgan fingerprint density at radius 1 is 1.17 bits per heavy atom. The molecule has 6 heteroatoms. The third-order valence-electron chi connectivity index (χ3n) is 3.67. The molecule has 0 radical (unpaired) electrons. The molecule has 1 heterocycles. The number of ketones is 1. The van der Waals surface area contributed by atoms with Crippen molar-refractivity contribution in [2.75, 3.05) is 0 Å². The highest BCUT2D eigenvalue weighted by molar-refractivity contribution is 8.00. The lowest BCUT2D eigenvalue weighted by atomic mass is 10.1. The van der Waals surface area contributed by atoms with E-state index in [1.165, 1.54) is 36.0 Å². The Bertz CT molecular complexity index is 861. The smallest absolute Gasteiger partial charge is 0.196 e. The van der Waals surface area contributed by atoms with Crippen molar-refractivity contribution in [1.29, 1.82) is 0 Å². The molecule has 1 atom stereocenters. The fraction of sp³-hybridized carbons (Fsp3) is 0.167. The number of Topliss-reactive ketones (excluding diaryl/α,β-unsaturated/α-hetero) is 1. The van der Waals surface area contributed by atoms with Gasteiger partial charge in [0.1, 0.15) is 12.1 Å². The lowest BCUT2D eigenvalue weighted by Crippen LogP contribution is -2.14. The van der Waals surface area contributed by atoms with Crippen LogP contribution in [0, 0.1) is 12.7 Å². The maximum absolute atomic E-state index is 13.0. The summed E-state index contributed by atoms with van der Waals surface area (Å²) >= 11 is 1.33. The molecule has 0 saturated heterocycles. The number of halogens is 1. The number of carbonyl (C=O) groups excluding carboxylic acids is 1. The van der Waals surface area contributed by atoms with Crippen LogP contribution in [0.5, 0.6) is 0 Å². The van der Waals surface area contributed by atoms with Gasteiger partial charge in [-0.2, -0.15) is 0 Å². The highest BCUT2D eigenvalue weighted by Crippen LogP contribution is 2.27. The highest BCUT2D eigenvalue weighted by Gasteiger charge is 2.20. The van der Waals surface area contributed by atoms with E-state index < -0.39 is 0 Å². The number of thioether (sulfide) groups is 1. The van der Waals surface area contributed by atoms with Crippen LogP contribution in [-0.2, 0) is 0 Å². The van der Waals surface area contributed by atoms with Gasteiger partial charge in [0.15, 0.2) is 10.9 Å². The van der Waals surface area contributed by atoms with Gasteiger partial charge in [-0.15, -0.1) is 10.2 Å². The number of nitrogens with zero attached hydrogens (tertiary/aromatic N) is 3. The van der Waals surface area contributed by atoms with E-state index in [0.29, 0.717) is 10.7 Å². The molecule has 1 unspecified atom stereocenters. The number of benzene rings is 2. The summed E-state index contributed by atoms with van der Waals surface area (Å²) in [5.74, 6) is -0.425. The molecule has 0 N–H and O–H groups in total. The maximum atomic E-state index is 13.0. The Balaban J connectivity index is 1.82. The number of hydrogen-bond donors (Lipinski definition) is 0. The molecule has 2 aromatic carbocycles. The number of aromatic nitrogens is 3. The maximum Gasteiger partial charge on any atom is 0.196 e. The van der Waals surface area contributed by atoms with Gasteiger partial charge in [-0.3, -0.25) is 9.36 Å². The lowest BCUT2D eigenvalue weighted by Gasteiger charge is -2.12. The van der Waals surface area contributed by atoms with Crippen LogP contribution in [-0.4, -0.2) is 25.8 Å². The standard InChI is InChI=1S/C18H16FN3OS/c1-12-5-3-4-6-16(12)22-11-20-21-18(22)24-13(2)17(23)14-7-9-15(19)10-8-14/h3-11,13H,1-2H3. The Morgan fingerprint density at radius 3 is 2.58 bits per heavy atom. The summed E-state index contributed by atoms with van der Waals surface area (Å²) in [7, 11) is 0. The summed E-state index contributed by atoms with van der Waals surface area (Å²) in [4.78, 5) is 12.5. The van der Waals surface area contributed by atoms with E-state index in [9.17, 15) is 9.18 Å². The molecule has 0 bridgehead atoms. The molecule has 0 aliphatic carbocycles. The van der Waals surface area contributed by atoms with Crippen molar-refractivity contribution in [2.45, 2.75) is 24.3 Å². The summed E-state index contributed by atoms with van der Waals surface area (Å²) in [5.41, 5.74) is 2.56. The minimum atomic E-state index is -0.359. The van der Waals surface area contributed by atoms with Crippen molar-refractivity contribution < 1.29 is 9.18 Å². The Labute approximate surface area is 143 Å². The molecule has 0 fully saturated rings. The van der Waals surface area contributed by atoms with E-state index in [-0.39, 0.29) is 16.9 Å². The van der Waals surface area contributed by atoms with Crippen LogP contribution in [0.25, 0.3) is 5.69 Å². The van der Waals surface area contributed by atoms with Crippen LogP contribution in [0.3, 0.4) is 0 Å². The fourth-order valence-corrected chi connectivity index (χ4v) is 3.28. The first-order valence-electron chi connectivity index (χ1n) is 7.48. The summed E-state index contributed by atoms with van der Waals surface area (Å²) in [5, 5.41) is 8.38. The molecule has 3 aromatic rings. The largest absolute Gasteiger partial charge is 0.293 e. The van der Waals surface area contributed by atoms with E-state index in [4.69, 9.17) is 0 Å². The summed E-state index contributed by atoms with van der Waals surface area (Å²) in [6, 6.07) is 13.5. The summed E-state index contributed by atoms with van der Waals surface area (Å²) in [6.07, 6.45) is 1.64.